The highest BCUT2D eigenvalue weighted by Gasteiger charge is 2.63. The number of carbonyl (C=O) groups excluding carboxylic acids is 4. The molecule has 3 aliphatic heterocycles. The Hall–Kier alpha value is -4.21. The van der Waals surface area contributed by atoms with Gasteiger partial charge in [0.15, 0.2) is 11.4 Å². The van der Waals surface area contributed by atoms with Crippen molar-refractivity contribution in [2.24, 2.45) is 29.1 Å². The Labute approximate surface area is 349 Å². The van der Waals surface area contributed by atoms with Crippen LogP contribution in [0.1, 0.15) is 104 Å². The molecule has 2 aromatic rings. The summed E-state index contributed by atoms with van der Waals surface area (Å²) < 4.78 is 86.4. The first kappa shape index (κ1) is 43.9. The third-order valence-electron chi connectivity index (χ3n) is 13.5. The van der Waals surface area contributed by atoms with E-state index in [2.05, 4.69) is 4.72 Å². The van der Waals surface area contributed by atoms with E-state index in [1.165, 1.54) is 4.90 Å². The monoisotopic (exact) mass is 859 g/mol. The summed E-state index contributed by atoms with van der Waals surface area (Å²) in [6.07, 6.45) is 3.26. The summed E-state index contributed by atoms with van der Waals surface area (Å²) in [6.45, 7) is 5.37. The number of sulfonamides is 1. The molecular weight excluding hydrogens is 804 g/mol. The van der Waals surface area contributed by atoms with Crippen molar-refractivity contribution in [3.8, 4) is 11.8 Å². The molecule has 4 heterocycles. The van der Waals surface area contributed by atoms with Crippen LogP contribution in [0.25, 0.3) is 10.8 Å². The number of halogens is 3. The number of pyridine rings is 1. The van der Waals surface area contributed by atoms with E-state index in [1.54, 1.807) is 0 Å². The van der Waals surface area contributed by atoms with Crippen LogP contribution < -0.4 is 14.2 Å². The van der Waals surface area contributed by atoms with Crippen LogP contribution in [-0.4, -0.2) is 90.6 Å². The Morgan fingerprint density at radius 1 is 1.13 bits per heavy atom. The van der Waals surface area contributed by atoms with E-state index in [0.29, 0.717) is 38.2 Å². The number of esters is 1. The fraction of sp³-hybridized carbons (Fsp3) is 0.659. The molecule has 328 valence electrons. The predicted octanol–water partition coefficient (Wildman–Crippen LogP) is 6.82. The molecule has 3 fully saturated rings. The minimum Gasteiger partial charge on any atom is -0.477 e. The second-order valence-electron chi connectivity index (χ2n) is 18.2. The van der Waals surface area contributed by atoms with Gasteiger partial charge in [0, 0.05) is 23.8 Å². The number of nitrogens with zero attached hydrogens (tertiary/aromatic N) is 2. The van der Waals surface area contributed by atoms with Crippen LogP contribution in [0.3, 0.4) is 0 Å². The fourth-order valence-electron chi connectivity index (χ4n) is 9.35. The predicted molar refractivity (Wildman–Crippen MR) is 215 cm³/mol. The lowest BCUT2D eigenvalue weighted by atomic mass is 9.79. The first-order valence-electron chi connectivity index (χ1n) is 21.3. The third-order valence-corrected chi connectivity index (χ3v) is 15.6. The molecule has 0 unspecified atom stereocenters. The number of allylic oxidation sites excluding steroid dienone is 2. The van der Waals surface area contributed by atoms with E-state index in [1.807, 2.05) is 50.3 Å². The zero-order valence-corrected chi connectivity index (χ0v) is 35.5. The number of ether oxygens (including phenoxy) is 3. The Balaban J connectivity index is 1.25. The van der Waals surface area contributed by atoms with Gasteiger partial charge in [0.2, 0.25) is 33.6 Å². The van der Waals surface area contributed by atoms with Crippen molar-refractivity contribution in [1.82, 2.24) is 14.6 Å². The third kappa shape index (κ3) is 8.63. The van der Waals surface area contributed by atoms with Crippen molar-refractivity contribution in [2.75, 3.05) is 19.8 Å². The zero-order chi connectivity index (χ0) is 43.2. The molecule has 0 radical (unpaired) electrons. The Kier molecular flexibility index (Phi) is 12.4. The van der Waals surface area contributed by atoms with Crippen molar-refractivity contribution in [3.63, 3.8) is 0 Å². The second kappa shape index (κ2) is 16.9. The summed E-state index contributed by atoms with van der Waals surface area (Å²) in [5.41, 5.74) is -2.61. The molecule has 0 spiro atoms. The highest BCUT2D eigenvalue weighted by atomic mass is 32.2. The molecule has 2 amide bonds. The molecule has 5 aliphatic rings. The molecule has 1 aromatic carbocycles. The zero-order valence-electron chi connectivity index (χ0n) is 34.7. The van der Waals surface area contributed by atoms with Crippen molar-refractivity contribution in [3.05, 3.63) is 42.0 Å². The Morgan fingerprint density at radius 2 is 1.87 bits per heavy atom. The lowest BCUT2D eigenvalue weighted by Crippen LogP contribution is -2.48. The first-order valence-corrected chi connectivity index (χ1v) is 22.8. The molecule has 2 aliphatic carbocycles. The number of nitrogens with one attached hydrogen (secondary N) is 1. The number of amides is 2. The number of hydrogen-bond donors (Lipinski definition) is 1. The van der Waals surface area contributed by atoms with Crippen LogP contribution in [0.5, 0.6) is 11.8 Å². The number of fused-ring (bicyclic) bond motifs is 5. The highest BCUT2D eigenvalue weighted by molar-refractivity contribution is 7.91. The van der Waals surface area contributed by atoms with E-state index in [-0.39, 0.29) is 49.9 Å². The summed E-state index contributed by atoms with van der Waals surface area (Å²) >= 11 is 0. The molecule has 60 heavy (non-hydrogen) atoms. The number of ketones is 1. The molecule has 0 bridgehead atoms. The smallest absolute Gasteiger partial charge is 0.307 e. The van der Waals surface area contributed by atoms with Crippen LogP contribution in [-0.2, 0) is 40.4 Å². The van der Waals surface area contributed by atoms with Gasteiger partial charge in [-0.1, -0.05) is 50.6 Å². The molecule has 1 saturated heterocycles. The highest BCUT2D eigenvalue weighted by Crippen LogP contribution is 2.58. The van der Waals surface area contributed by atoms with Crippen molar-refractivity contribution in [2.45, 2.75) is 134 Å². The Morgan fingerprint density at radius 3 is 2.55 bits per heavy atom. The lowest BCUT2D eigenvalue weighted by molar-refractivity contribution is -0.174. The maximum atomic E-state index is 15.1. The Bertz CT molecular complexity index is 2140. The molecular formula is C44H56F3N3O9S. The van der Waals surface area contributed by atoms with Gasteiger partial charge in [-0.3, -0.25) is 23.9 Å². The number of aromatic nitrogens is 1. The molecule has 7 atom stereocenters. The topological polar surface area (TPSA) is 158 Å². The van der Waals surface area contributed by atoms with Gasteiger partial charge in [-0.15, -0.1) is 0 Å². The van der Waals surface area contributed by atoms with Gasteiger partial charge in [-0.2, -0.15) is 4.98 Å². The van der Waals surface area contributed by atoms with Gasteiger partial charge in [0.25, 0.3) is 6.43 Å². The van der Waals surface area contributed by atoms with Crippen LogP contribution in [0, 0.1) is 29.1 Å². The normalized spacial score (nSPS) is 29.9. The summed E-state index contributed by atoms with van der Waals surface area (Å²) in [6, 6.07) is 6.43. The molecule has 2 saturated carbocycles. The van der Waals surface area contributed by atoms with E-state index in [4.69, 9.17) is 19.2 Å². The van der Waals surface area contributed by atoms with E-state index in [9.17, 15) is 36.0 Å². The average molecular weight is 860 g/mol. The summed E-state index contributed by atoms with van der Waals surface area (Å²) in [4.78, 5) is 63.5. The van der Waals surface area contributed by atoms with Crippen LogP contribution in [0.2, 0.25) is 0 Å². The van der Waals surface area contributed by atoms with Gasteiger partial charge < -0.3 is 19.1 Å². The van der Waals surface area contributed by atoms with Crippen LogP contribution >= 0.6 is 0 Å². The minimum atomic E-state index is -4.39. The summed E-state index contributed by atoms with van der Waals surface area (Å²) in [7, 11) is -4.39. The summed E-state index contributed by atoms with van der Waals surface area (Å²) in [5.74, 6) is -4.07. The number of hydrogen-bond acceptors (Lipinski definition) is 10. The quantitative estimate of drug-likeness (QED) is 0.188. The van der Waals surface area contributed by atoms with Gasteiger partial charge in [-0.25, -0.2) is 21.6 Å². The van der Waals surface area contributed by atoms with E-state index < -0.39 is 99.3 Å². The first-order chi connectivity index (χ1) is 28.4. The molecule has 7 rings (SSSR count). The lowest BCUT2D eigenvalue weighted by Gasteiger charge is -2.34. The van der Waals surface area contributed by atoms with Crippen molar-refractivity contribution < 1.29 is 55.0 Å². The van der Waals surface area contributed by atoms with Crippen molar-refractivity contribution >= 4 is 44.4 Å². The standard InChI is InChI=1S/C44H56F3N3O9S/c1-5-27-19-26(2)11-6-7-12-28-22-44(28,41(54)49-60(55,56)43(25-45)16-17-43)23-35(51)34-20-29(24-50(34)39(53)33(27)21-36(52)59-42(3,4)40(46)47)58-38-32-14-9-8-13-30(32)31-15-10-18-57-37(31)48-38/h7-9,12-14,26-29,33-34,40H,5-6,10-11,15-25H2,1-4H3,(H,49,54)/b12-7-/t26-,27-,28-,29-,33+,34+,44-/m1/s1. The second-order valence-corrected chi connectivity index (χ2v) is 20.3. The van der Waals surface area contributed by atoms with Gasteiger partial charge in [0.1, 0.15) is 17.5 Å². The van der Waals surface area contributed by atoms with Gasteiger partial charge in [-0.05, 0) is 94.4 Å². The van der Waals surface area contributed by atoms with E-state index >= 15 is 4.79 Å². The van der Waals surface area contributed by atoms with E-state index in [0.717, 1.165) is 43.0 Å². The SMILES string of the molecule is CC[C@@H]1C[C@H](C)CC/C=C\[C@@H]2C[C@@]2(C(=O)NS(=O)(=O)C2(CF)CC2)CC(=O)[C@@H]2C[C@@H](Oc3nc4c(c5ccccc35)CCCO4)CN2C(=O)[C@H]1CC(=O)OC(C)(C)C(F)F. The van der Waals surface area contributed by atoms with Crippen LogP contribution in [0.15, 0.2) is 36.4 Å². The molecule has 1 N–H and O–H groups in total. The number of carbonyl (C=O) groups is 4. The molecule has 1 aromatic heterocycles. The fourth-order valence-corrected chi connectivity index (χ4v) is 10.8. The maximum absolute atomic E-state index is 15.1. The average Bonchev–Trinajstić information content (AvgIpc) is 4.12. The number of Topliss-reactive ketones (excluding diaryl/α,β-unsaturated/α-hetero) is 1. The summed E-state index contributed by atoms with van der Waals surface area (Å²) in [5, 5.41) is 1.62. The van der Waals surface area contributed by atoms with Crippen molar-refractivity contribution in [1.29, 1.82) is 0 Å². The van der Waals surface area contributed by atoms with Gasteiger partial charge in [0.05, 0.1) is 36.9 Å². The maximum Gasteiger partial charge on any atom is 0.307 e. The number of alkyl halides is 3. The van der Waals surface area contributed by atoms with Crippen LogP contribution in [0.4, 0.5) is 13.2 Å². The number of rotatable bonds is 11. The molecule has 12 nitrogen and oxygen atoms in total. The van der Waals surface area contributed by atoms with Gasteiger partial charge >= 0.3 is 5.97 Å². The minimum absolute atomic E-state index is 0.0111. The largest absolute Gasteiger partial charge is 0.477 e. The number of aryl methyl sites for hydroxylation is 1. The molecule has 16 heteroatoms. The number of benzene rings is 1.